The van der Waals surface area contributed by atoms with E-state index >= 15 is 0 Å². The first-order valence-electron chi connectivity index (χ1n) is 11.5. The number of pyridine rings is 1. The van der Waals surface area contributed by atoms with Crippen LogP contribution >= 0.6 is 0 Å². The zero-order valence-corrected chi connectivity index (χ0v) is 19.3. The molecule has 11 heteroatoms. The van der Waals surface area contributed by atoms with E-state index in [4.69, 9.17) is 10.5 Å². The highest BCUT2D eigenvalue weighted by molar-refractivity contribution is 5.99. The fraction of sp³-hybridized carbons (Fsp3) is 0.458. The second-order valence-corrected chi connectivity index (χ2v) is 9.62. The molecule has 0 radical (unpaired) electrons. The maximum atomic E-state index is 14.4. The molecule has 4 atom stereocenters. The molecule has 1 aromatic heterocycles. The minimum atomic E-state index is -1.01. The summed E-state index contributed by atoms with van der Waals surface area (Å²) in [6, 6.07) is 2.70. The highest BCUT2D eigenvalue weighted by Crippen LogP contribution is 2.46. The highest BCUT2D eigenvalue weighted by atomic mass is 19.1. The van der Waals surface area contributed by atoms with Gasteiger partial charge in [-0.3, -0.25) is 19.3 Å². The van der Waals surface area contributed by atoms with Gasteiger partial charge >= 0.3 is 0 Å². The van der Waals surface area contributed by atoms with Crippen LogP contribution in [0.3, 0.4) is 0 Å². The van der Waals surface area contributed by atoms with Gasteiger partial charge in [0.15, 0.2) is 11.4 Å². The van der Waals surface area contributed by atoms with Crippen molar-refractivity contribution in [3.63, 3.8) is 0 Å². The van der Waals surface area contributed by atoms with Gasteiger partial charge in [0.05, 0.1) is 6.04 Å². The van der Waals surface area contributed by atoms with Crippen molar-refractivity contribution in [1.29, 1.82) is 0 Å². The van der Waals surface area contributed by atoms with Gasteiger partial charge in [-0.2, -0.15) is 0 Å². The number of amides is 2. The third-order valence-electron chi connectivity index (χ3n) is 7.55. The van der Waals surface area contributed by atoms with Crippen LogP contribution in [0.2, 0.25) is 0 Å². The Kier molecular flexibility index (Phi) is 5.44. The monoisotopic (exact) mass is 488 g/mol. The van der Waals surface area contributed by atoms with Crippen molar-refractivity contribution in [3.8, 4) is 5.75 Å². The van der Waals surface area contributed by atoms with Crippen LogP contribution in [-0.2, 0) is 11.3 Å². The minimum Gasteiger partial charge on any atom is -0.503 e. The summed E-state index contributed by atoms with van der Waals surface area (Å²) in [6.07, 6.45) is 1.92. The van der Waals surface area contributed by atoms with Gasteiger partial charge in [-0.05, 0) is 32.8 Å². The lowest BCUT2D eigenvalue weighted by Crippen LogP contribution is -2.53. The Morgan fingerprint density at radius 2 is 2.03 bits per heavy atom. The Bertz CT molecular complexity index is 1300. The average molecular weight is 488 g/mol. The fourth-order valence-corrected chi connectivity index (χ4v) is 5.62. The number of halogens is 2. The zero-order chi connectivity index (χ0) is 25.2. The van der Waals surface area contributed by atoms with E-state index in [-0.39, 0.29) is 24.8 Å². The Hall–Kier alpha value is -3.31. The summed E-state index contributed by atoms with van der Waals surface area (Å²) >= 11 is 0. The largest absolute Gasteiger partial charge is 0.503 e. The van der Waals surface area contributed by atoms with E-state index < -0.39 is 58.1 Å². The number of carbonyl (C=O) groups is 2. The third kappa shape index (κ3) is 3.61. The molecule has 4 heterocycles. The summed E-state index contributed by atoms with van der Waals surface area (Å²) in [6.45, 7) is 4.48. The number of aromatic nitrogens is 1. The Morgan fingerprint density at radius 3 is 2.71 bits per heavy atom. The molecule has 5 rings (SSSR count). The van der Waals surface area contributed by atoms with E-state index in [1.165, 1.54) is 22.9 Å². The Balaban J connectivity index is 1.59. The van der Waals surface area contributed by atoms with Gasteiger partial charge in [-0.1, -0.05) is 6.07 Å². The molecule has 0 saturated carbocycles. The lowest BCUT2D eigenvalue weighted by Gasteiger charge is -2.42. The number of ether oxygens (including phenoxy) is 1. The van der Waals surface area contributed by atoms with Crippen LogP contribution in [0, 0.1) is 11.6 Å². The molecule has 2 fully saturated rings. The summed E-state index contributed by atoms with van der Waals surface area (Å²) < 4.78 is 35.7. The second-order valence-electron chi connectivity index (χ2n) is 9.62. The topological polar surface area (TPSA) is 118 Å². The summed E-state index contributed by atoms with van der Waals surface area (Å²) in [5.41, 5.74) is 3.20. The molecule has 35 heavy (non-hydrogen) atoms. The number of primary amides is 1. The van der Waals surface area contributed by atoms with Gasteiger partial charge in [0, 0.05) is 43.5 Å². The van der Waals surface area contributed by atoms with Crippen molar-refractivity contribution >= 4 is 11.8 Å². The van der Waals surface area contributed by atoms with Crippen LogP contribution in [0.4, 0.5) is 8.78 Å². The van der Waals surface area contributed by atoms with Gasteiger partial charge in [-0.25, -0.2) is 8.78 Å². The number of aromatic hydroxyl groups is 1. The molecule has 186 valence electrons. The molecular formula is C24H26F2N4O5. The first-order valence-corrected chi connectivity index (χ1v) is 11.5. The van der Waals surface area contributed by atoms with Gasteiger partial charge in [0.1, 0.15) is 29.0 Å². The number of hydrogen-bond acceptors (Lipinski definition) is 6. The molecule has 3 N–H and O–H groups in total. The first kappa shape index (κ1) is 23.4. The molecule has 1 aromatic carbocycles. The van der Waals surface area contributed by atoms with Crippen LogP contribution in [0.25, 0.3) is 0 Å². The highest BCUT2D eigenvalue weighted by Gasteiger charge is 2.55. The van der Waals surface area contributed by atoms with Crippen molar-refractivity contribution in [1.82, 2.24) is 14.4 Å². The molecule has 9 nitrogen and oxygen atoms in total. The van der Waals surface area contributed by atoms with Crippen LogP contribution < -0.4 is 11.2 Å². The van der Waals surface area contributed by atoms with Crippen molar-refractivity contribution in [2.75, 3.05) is 13.1 Å². The Morgan fingerprint density at radius 1 is 1.29 bits per heavy atom. The molecule has 2 unspecified atom stereocenters. The SMILES string of the molecule is CC1OC2(CC[C@H](C)N3C[C@H]2n2cc(C(N)=O)c(=O)c(O)c2C3=O)CN1Cc1ccc(F)cc1F. The quantitative estimate of drug-likeness (QED) is 0.680. The van der Waals surface area contributed by atoms with E-state index in [1.54, 1.807) is 4.90 Å². The van der Waals surface area contributed by atoms with Crippen molar-refractivity contribution in [3.05, 3.63) is 63.1 Å². The molecule has 0 aliphatic carbocycles. The molecule has 2 bridgehead atoms. The third-order valence-corrected chi connectivity index (χ3v) is 7.55. The lowest BCUT2D eigenvalue weighted by atomic mass is 9.87. The van der Waals surface area contributed by atoms with Gasteiger partial charge in [0.25, 0.3) is 11.8 Å². The predicted octanol–water partition coefficient (Wildman–Crippen LogP) is 1.73. The maximum absolute atomic E-state index is 14.4. The molecule has 2 amide bonds. The standard InChI is InChI=1S/C24H26F2N4O5/c1-12-5-6-24(11-28(13(2)35-24)8-14-3-4-15(25)7-17(14)26)18-10-29(12)23(34)19-21(32)20(31)16(22(27)33)9-30(18)19/h3-4,7,9,12-13,18,32H,5-6,8,10-11H2,1-2H3,(H2,27,33)/t12-,13?,18+,24?/m0/s1. The molecule has 3 aliphatic heterocycles. The number of carbonyl (C=O) groups excluding carboxylic acids is 2. The van der Waals surface area contributed by atoms with Crippen LogP contribution in [0.1, 0.15) is 59.1 Å². The van der Waals surface area contributed by atoms with Crippen molar-refractivity contribution < 1.29 is 28.2 Å². The number of nitrogens with two attached hydrogens (primary N) is 1. The smallest absolute Gasteiger partial charge is 0.274 e. The molecule has 2 aromatic rings. The number of hydrogen-bond donors (Lipinski definition) is 2. The lowest BCUT2D eigenvalue weighted by molar-refractivity contribution is -0.0814. The summed E-state index contributed by atoms with van der Waals surface area (Å²) in [5.74, 6) is -3.65. The predicted molar refractivity (Wildman–Crippen MR) is 120 cm³/mol. The van der Waals surface area contributed by atoms with Crippen LogP contribution in [0.15, 0.2) is 29.2 Å². The normalized spacial score (nSPS) is 28.3. The average Bonchev–Trinajstić information content (AvgIpc) is 3.05. The number of benzene rings is 1. The van der Waals surface area contributed by atoms with E-state index in [0.29, 0.717) is 24.9 Å². The van der Waals surface area contributed by atoms with E-state index in [0.717, 1.165) is 6.07 Å². The number of fused-ring (bicyclic) bond motifs is 5. The fourth-order valence-electron chi connectivity index (χ4n) is 5.62. The maximum Gasteiger partial charge on any atom is 0.274 e. The van der Waals surface area contributed by atoms with Gasteiger partial charge < -0.3 is 25.0 Å². The van der Waals surface area contributed by atoms with E-state index in [9.17, 15) is 28.3 Å². The minimum absolute atomic E-state index is 0.175. The number of nitrogens with zero attached hydrogens (tertiary/aromatic N) is 3. The summed E-state index contributed by atoms with van der Waals surface area (Å²) in [5, 5.41) is 10.6. The summed E-state index contributed by atoms with van der Waals surface area (Å²) in [7, 11) is 0. The molecule has 3 aliphatic rings. The van der Waals surface area contributed by atoms with Crippen molar-refractivity contribution in [2.45, 2.75) is 57.1 Å². The van der Waals surface area contributed by atoms with E-state index in [1.807, 2.05) is 18.7 Å². The molecule has 2 saturated heterocycles. The van der Waals surface area contributed by atoms with Gasteiger partial charge in [0.2, 0.25) is 5.43 Å². The first-order chi connectivity index (χ1) is 16.5. The zero-order valence-electron chi connectivity index (χ0n) is 19.3. The summed E-state index contributed by atoms with van der Waals surface area (Å²) in [4.78, 5) is 41.2. The molecular weight excluding hydrogens is 462 g/mol. The second kappa shape index (κ2) is 8.13. The molecule has 1 spiro atoms. The Labute approximate surface area is 199 Å². The van der Waals surface area contributed by atoms with Gasteiger partial charge in [-0.15, -0.1) is 0 Å². The van der Waals surface area contributed by atoms with Crippen molar-refractivity contribution in [2.24, 2.45) is 5.73 Å². The van der Waals surface area contributed by atoms with E-state index in [2.05, 4.69) is 0 Å². The van der Waals surface area contributed by atoms with Crippen LogP contribution in [-0.4, -0.2) is 62.2 Å². The number of rotatable bonds is 3. The van der Waals surface area contributed by atoms with Crippen LogP contribution in [0.5, 0.6) is 5.75 Å².